The SMILES string of the molecule is C=C(C)CCn1nc(C)c(CNCC(C)C)c1C. The number of allylic oxidation sites excluding steroid dienone is 1. The molecule has 0 aliphatic rings. The van der Waals surface area contributed by atoms with E-state index < -0.39 is 0 Å². The summed E-state index contributed by atoms with van der Waals surface area (Å²) in [4.78, 5) is 0. The van der Waals surface area contributed by atoms with Crippen molar-refractivity contribution in [2.24, 2.45) is 5.92 Å². The molecule has 1 aromatic heterocycles. The molecular weight excluding hydrogens is 222 g/mol. The predicted molar refractivity (Wildman–Crippen MR) is 77.7 cm³/mol. The van der Waals surface area contributed by atoms with Gasteiger partial charge >= 0.3 is 0 Å². The number of aryl methyl sites for hydroxylation is 2. The highest BCUT2D eigenvalue weighted by molar-refractivity contribution is 5.24. The highest BCUT2D eigenvalue weighted by Crippen LogP contribution is 2.14. The second kappa shape index (κ2) is 6.74. The quantitative estimate of drug-likeness (QED) is 0.752. The van der Waals surface area contributed by atoms with Crippen LogP contribution >= 0.6 is 0 Å². The zero-order valence-electron chi connectivity index (χ0n) is 12.5. The molecule has 1 aromatic rings. The van der Waals surface area contributed by atoms with Crippen molar-refractivity contribution >= 4 is 0 Å². The summed E-state index contributed by atoms with van der Waals surface area (Å²) in [6.07, 6.45) is 1.00. The average Bonchev–Trinajstić information content (AvgIpc) is 2.53. The maximum Gasteiger partial charge on any atom is 0.0641 e. The van der Waals surface area contributed by atoms with E-state index in [9.17, 15) is 0 Å². The topological polar surface area (TPSA) is 29.9 Å². The first-order valence-electron chi connectivity index (χ1n) is 6.79. The smallest absolute Gasteiger partial charge is 0.0641 e. The van der Waals surface area contributed by atoms with Gasteiger partial charge < -0.3 is 5.32 Å². The fourth-order valence-electron chi connectivity index (χ4n) is 1.99. The summed E-state index contributed by atoms with van der Waals surface area (Å²) in [6, 6.07) is 0. The Kier molecular flexibility index (Phi) is 5.60. The van der Waals surface area contributed by atoms with E-state index in [1.54, 1.807) is 0 Å². The Bertz CT molecular complexity index is 402. The minimum atomic E-state index is 0.684. The van der Waals surface area contributed by atoms with Crippen LogP contribution < -0.4 is 5.32 Å². The summed E-state index contributed by atoms with van der Waals surface area (Å²) >= 11 is 0. The van der Waals surface area contributed by atoms with Crippen LogP contribution in [0, 0.1) is 19.8 Å². The molecule has 0 amide bonds. The molecule has 0 atom stereocenters. The molecule has 0 aromatic carbocycles. The van der Waals surface area contributed by atoms with Crippen molar-refractivity contribution in [2.45, 2.75) is 54.1 Å². The molecule has 0 fully saturated rings. The van der Waals surface area contributed by atoms with Gasteiger partial charge in [-0.15, -0.1) is 6.58 Å². The van der Waals surface area contributed by atoms with E-state index in [-0.39, 0.29) is 0 Å². The summed E-state index contributed by atoms with van der Waals surface area (Å²) in [5.41, 5.74) is 4.98. The van der Waals surface area contributed by atoms with Gasteiger partial charge in [0.1, 0.15) is 0 Å². The van der Waals surface area contributed by atoms with Crippen LogP contribution in [0.15, 0.2) is 12.2 Å². The summed E-state index contributed by atoms with van der Waals surface area (Å²) in [5, 5.41) is 8.11. The molecule has 0 radical (unpaired) electrons. The van der Waals surface area contributed by atoms with Gasteiger partial charge in [0, 0.05) is 24.3 Å². The van der Waals surface area contributed by atoms with Gasteiger partial charge in [0.15, 0.2) is 0 Å². The number of rotatable bonds is 7. The van der Waals surface area contributed by atoms with Crippen LogP contribution in [0.4, 0.5) is 0 Å². The molecular formula is C15H27N3. The van der Waals surface area contributed by atoms with Crippen LogP contribution in [0.3, 0.4) is 0 Å². The molecule has 0 bridgehead atoms. The standard InChI is InChI=1S/C15H27N3/c1-11(2)7-8-18-14(6)15(13(5)17-18)10-16-9-12(3)4/h12,16H,1,7-10H2,2-6H3. The average molecular weight is 249 g/mol. The molecule has 102 valence electrons. The van der Waals surface area contributed by atoms with Crippen molar-refractivity contribution in [3.8, 4) is 0 Å². The van der Waals surface area contributed by atoms with E-state index in [1.165, 1.54) is 16.8 Å². The van der Waals surface area contributed by atoms with Crippen LogP contribution in [0.5, 0.6) is 0 Å². The first kappa shape index (κ1) is 15.0. The fraction of sp³-hybridized carbons (Fsp3) is 0.667. The largest absolute Gasteiger partial charge is 0.312 e. The van der Waals surface area contributed by atoms with Crippen LogP contribution in [0.2, 0.25) is 0 Å². The lowest BCUT2D eigenvalue weighted by Gasteiger charge is -2.08. The summed E-state index contributed by atoms with van der Waals surface area (Å²) in [7, 11) is 0. The first-order chi connectivity index (χ1) is 8.41. The Morgan fingerprint density at radius 2 is 2.06 bits per heavy atom. The van der Waals surface area contributed by atoms with E-state index in [0.717, 1.165) is 31.7 Å². The first-order valence-corrected chi connectivity index (χ1v) is 6.79. The van der Waals surface area contributed by atoms with Crippen molar-refractivity contribution in [1.82, 2.24) is 15.1 Å². The second-order valence-corrected chi connectivity index (χ2v) is 5.60. The Labute approximate surface area is 111 Å². The molecule has 1 heterocycles. The maximum atomic E-state index is 4.62. The Hall–Kier alpha value is -1.09. The minimum Gasteiger partial charge on any atom is -0.312 e. The molecule has 3 nitrogen and oxygen atoms in total. The number of nitrogens with zero attached hydrogens (tertiary/aromatic N) is 2. The van der Waals surface area contributed by atoms with Gasteiger partial charge in [0.05, 0.1) is 5.69 Å². The normalized spacial score (nSPS) is 11.2. The molecule has 18 heavy (non-hydrogen) atoms. The van der Waals surface area contributed by atoms with Gasteiger partial charge in [-0.1, -0.05) is 19.4 Å². The van der Waals surface area contributed by atoms with Crippen molar-refractivity contribution in [3.05, 3.63) is 29.1 Å². The third-order valence-corrected chi connectivity index (χ3v) is 3.14. The van der Waals surface area contributed by atoms with Crippen LogP contribution in [0.1, 0.15) is 44.1 Å². The van der Waals surface area contributed by atoms with Gasteiger partial charge in [-0.2, -0.15) is 5.10 Å². The van der Waals surface area contributed by atoms with E-state index in [4.69, 9.17) is 0 Å². The molecule has 0 spiro atoms. The molecule has 0 saturated carbocycles. The van der Waals surface area contributed by atoms with Crippen LogP contribution in [-0.4, -0.2) is 16.3 Å². The Morgan fingerprint density at radius 1 is 1.39 bits per heavy atom. The fourth-order valence-corrected chi connectivity index (χ4v) is 1.99. The molecule has 0 saturated heterocycles. The monoisotopic (exact) mass is 249 g/mol. The third kappa shape index (κ3) is 4.30. The number of nitrogens with one attached hydrogen (secondary N) is 1. The maximum absolute atomic E-state index is 4.62. The Balaban J connectivity index is 2.65. The molecule has 1 N–H and O–H groups in total. The van der Waals surface area contributed by atoms with Crippen LogP contribution in [0.25, 0.3) is 0 Å². The zero-order valence-corrected chi connectivity index (χ0v) is 12.5. The van der Waals surface area contributed by atoms with Gasteiger partial charge in [0.2, 0.25) is 0 Å². The zero-order chi connectivity index (χ0) is 13.7. The van der Waals surface area contributed by atoms with Crippen molar-refractivity contribution in [3.63, 3.8) is 0 Å². The Morgan fingerprint density at radius 3 is 2.61 bits per heavy atom. The van der Waals surface area contributed by atoms with Crippen molar-refractivity contribution in [1.29, 1.82) is 0 Å². The highest BCUT2D eigenvalue weighted by atomic mass is 15.3. The number of aromatic nitrogens is 2. The van der Waals surface area contributed by atoms with Gasteiger partial charge in [-0.25, -0.2) is 0 Å². The van der Waals surface area contributed by atoms with E-state index >= 15 is 0 Å². The predicted octanol–water partition coefficient (Wildman–Crippen LogP) is 3.21. The molecule has 3 heteroatoms. The lowest BCUT2D eigenvalue weighted by molar-refractivity contribution is 0.549. The molecule has 0 aliphatic heterocycles. The highest BCUT2D eigenvalue weighted by Gasteiger charge is 2.10. The summed E-state index contributed by atoms with van der Waals surface area (Å²) in [6.45, 7) is 17.6. The van der Waals surface area contributed by atoms with Gasteiger partial charge in [-0.3, -0.25) is 4.68 Å². The van der Waals surface area contributed by atoms with E-state index in [0.29, 0.717) is 5.92 Å². The van der Waals surface area contributed by atoms with Crippen molar-refractivity contribution in [2.75, 3.05) is 6.54 Å². The molecule has 0 unspecified atom stereocenters. The lowest BCUT2D eigenvalue weighted by atomic mass is 10.1. The minimum absolute atomic E-state index is 0.684. The van der Waals surface area contributed by atoms with E-state index in [1.807, 2.05) is 0 Å². The van der Waals surface area contributed by atoms with Crippen molar-refractivity contribution < 1.29 is 0 Å². The number of hydrogen-bond acceptors (Lipinski definition) is 2. The summed E-state index contributed by atoms with van der Waals surface area (Å²) < 4.78 is 2.11. The lowest BCUT2D eigenvalue weighted by Crippen LogP contribution is -2.19. The number of hydrogen-bond donors (Lipinski definition) is 1. The van der Waals surface area contributed by atoms with Gasteiger partial charge in [-0.05, 0) is 39.7 Å². The van der Waals surface area contributed by atoms with E-state index in [2.05, 4.69) is 56.3 Å². The summed E-state index contributed by atoms with van der Waals surface area (Å²) in [5.74, 6) is 0.684. The molecule has 1 rings (SSSR count). The third-order valence-electron chi connectivity index (χ3n) is 3.14. The van der Waals surface area contributed by atoms with Crippen LogP contribution in [-0.2, 0) is 13.1 Å². The van der Waals surface area contributed by atoms with Gasteiger partial charge in [0.25, 0.3) is 0 Å². The molecule has 0 aliphatic carbocycles. The second-order valence-electron chi connectivity index (χ2n) is 5.60.